The molecule has 0 aliphatic carbocycles. The Bertz CT molecular complexity index is 989. The lowest BCUT2D eigenvalue weighted by atomic mass is 10.2. The summed E-state index contributed by atoms with van der Waals surface area (Å²) in [6, 6.07) is 4.34. The Labute approximate surface area is 173 Å². The number of anilines is 2. The number of aliphatic hydroxyl groups is 1. The van der Waals surface area contributed by atoms with Crippen molar-refractivity contribution in [3.05, 3.63) is 54.0 Å². The second-order valence-corrected chi connectivity index (χ2v) is 7.13. The Kier molecular flexibility index (Phi) is 7.71. The van der Waals surface area contributed by atoms with Crippen LogP contribution in [-0.4, -0.2) is 33.4 Å². The maximum Gasteiger partial charge on any atom is 0.332 e. The van der Waals surface area contributed by atoms with Gasteiger partial charge in [-0.05, 0) is 53.6 Å². The fraction of sp³-hybridized carbons (Fsp3) is 0.353. The zero-order chi connectivity index (χ0) is 20.8. The van der Waals surface area contributed by atoms with E-state index in [-0.39, 0.29) is 24.7 Å². The minimum Gasteiger partial charge on any atom is -0.396 e. The van der Waals surface area contributed by atoms with E-state index in [9.17, 15) is 18.8 Å². The summed E-state index contributed by atoms with van der Waals surface area (Å²) in [5, 5.41) is 11.4. The molecule has 1 amide bonds. The van der Waals surface area contributed by atoms with E-state index >= 15 is 0 Å². The third-order valence-electron chi connectivity index (χ3n) is 3.90. The third kappa shape index (κ3) is 4.97. The van der Waals surface area contributed by atoms with Crippen LogP contribution in [0.2, 0.25) is 0 Å². The largest absolute Gasteiger partial charge is 0.396 e. The van der Waals surface area contributed by atoms with Gasteiger partial charge < -0.3 is 10.4 Å². The number of aliphatic hydroxyl groups excluding tert-OH is 1. The maximum absolute atomic E-state index is 14.2. The normalized spacial score (nSPS) is 10.8. The molecule has 3 N–H and O–H groups in total. The van der Waals surface area contributed by atoms with Crippen LogP contribution in [0.1, 0.15) is 23.2 Å². The Hall–Kier alpha value is -2.25. The molecule has 0 radical (unpaired) electrons. The lowest BCUT2D eigenvalue weighted by molar-refractivity contribution is 0.0287. The third-order valence-corrected chi connectivity index (χ3v) is 4.57. The van der Waals surface area contributed by atoms with Crippen molar-refractivity contribution in [3.8, 4) is 0 Å². The van der Waals surface area contributed by atoms with Gasteiger partial charge in [-0.25, -0.2) is 14.7 Å². The summed E-state index contributed by atoms with van der Waals surface area (Å²) in [7, 11) is 2.59. The van der Waals surface area contributed by atoms with Crippen LogP contribution in [-0.2, 0) is 18.9 Å². The average molecular weight is 506 g/mol. The molecule has 0 unspecified atom stereocenters. The summed E-state index contributed by atoms with van der Waals surface area (Å²) in [6.45, 7) is 0.126. The molecule has 28 heavy (non-hydrogen) atoms. The minimum atomic E-state index is -0.881. The number of halogens is 2. The van der Waals surface area contributed by atoms with Crippen molar-refractivity contribution in [1.82, 2.24) is 14.6 Å². The van der Waals surface area contributed by atoms with Gasteiger partial charge >= 0.3 is 5.69 Å². The number of hydrogen-bond donors (Lipinski definition) is 3. The van der Waals surface area contributed by atoms with E-state index in [1.165, 1.54) is 26.2 Å². The van der Waals surface area contributed by atoms with Crippen LogP contribution in [0.15, 0.2) is 27.8 Å². The molecule has 2 aromatic rings. The van der Waals surface area contributed by atoms with E-state index in [0.29, 0.717) is 16.4 Å². The van der Waals surface area contributed by atoms with Crippen LogP contribution >= 0.6 is 22.6 Å². The van der Waals surface area contributed by atoms with Crippen molar-refractivity contribution < 1.29 is 19.1 Å². The first-order chi connectivity index (χ1) is 13.3. The van der Waals surface area contributed by atoms with Crippen LogP contribution in [0.5, 0.6) is 0 Å². The van der Waals surface area contributed by atoms with E-state index < -0.39 is 28.5 Å². The minimum absolute atomic E-state index is 0.00147. The zero-order valence-corrected chi connectivity index (χ0v) is 17.4. The molecular weight excluding hydrogens is 486 g/mol. The van der Waals surface area contributed by atoms with Gasteiger partial charge in [-0.3, -0.25) is 23.6 Å². The van der Waals surface area contributed by atoms with Crippen molar-refractivity contribution in [2.45, 2.75) is 12.8 Å². The van der Waals surface area contributed by atoms with Crippen molar-refractivity contribution >= 4 is 40.0 Å². The smallest absolute Gasteiger partial charge is 0.332 e. The summed E-state index contributed by atoms with van der Waals surface area (Å²) in [4.78, 5) is 42.3. The summed E-state index contributed by atoms with van der Waals surface area (Å²) >= 11 is 1.94. The predicted molar refractivity (Wildman–Crippen MR) is 109 cm³/mol. The van der Waals surface area contributed by atoms with Crippen LogP contribution < -0.4 is 22.0 Å². The number of benzene rings is 1. The number of amides is 1. The lowest BCUT2D eigenvalue weighted by Crippen LogP contribution is -2.43. The quantitative estimate of drug-likeness (QED) is 0.280. The summed E-state index contributed by atoms with van der Waals surface area (Å²) in [6.07, 6.45) is 0.997. The molecule has 0 fully saturated rings. The zero-order valence-electron chi connectivity index (χ0n) is 15.3. The van der Waals surface area contributed by atoms with Gasteiger partial charge in [-0.1, -0.05) is 0 Å². The van der Waals surface area contributed by atoms with Crippen molar-refractivity contribution in [2.75, 3.05) is 18.5 Å². The standard InChI is InChI=1S/C17H20FIN4O5/c1-22-14(20-12-6-5-10(19)9-11(12)18)13(16(26)23(2)17(22)27)15(25)21-28-8-4-3-7-24/h5-6,9,20,24H,3-4,7-8H2,1-2H3,(H,21,25). The number of nitrogens with one attached hydrogen (secondary N) is 2. The highest BCUT2D eigenvalue weighted by molar-refractivity contribution is 14.1. The van der Waals surface area contributed by atoms with E-state index in [4.69, 9.17) is 9.94 Å². The topological polar surface area (TPSA) is 115 Å². The SMILES string of the molecule is Cn1c(Nc2ccc(I)cc2F)c(C(=O)NOCCCCO)c(=O)n(C)c1=O. The number of hydroxylamine groups is 1. The molecule has 0 bridgehead atoms. The van der Waals surface area contributed by atoms with Gasteiger partial charge in [-0.2, -0.15) is 0 Å². The molecule has 2 rings (SSSR count). The first kappa shape index (κ1) is 22.0. The number of rotatable bonds is 8. The molecule has 0 spiro atoms. The highest BCUT2D eigenvalue weighted by Crippen LogP contribution is 2.22. The number of carbonyl (C=O) groups is 1. The van der Waals surface area contributed by atoms with Crippen LogP contribution in [0.3, 0.4) is 0 Å². The van der Waals surface area contributed by atoms with Gasteiger partial charge in [0.25, 0.3) is 11.5 Å². The first-order valence-corrected chi connectivity index (χ1v) is 9.41. The Balaban J connectivity index is 2.42. The van der Waals surface area contributed by atoms with Crippen LogP contribution in [0.25, 0.3) is 0 Å². The van der Waals surface area contributed by atoms with Gasteiger partial charge in [0.05, 0.1) is 12.3 Å². The average Bonchev–Trinajstić information content (AvgIpc) is 2.66. The first-order valence-electron chi connectivity index (χ1n) is 8.33. The monoisotopic (exact) mass is 506 g/mol. The second kappa shape index (κ2) is 9.80. The van der Waals surface area contributed by atoms with E-state index in [2.05, 4.69) is 10.8 Å². The molecule has 0 aliphatic heterocycles. The highest BCUT2D eigenvalue weighted by atomic mass is 127. The van der Waals surface area contributed by atoms with Crippen molar-refractivity contribution in [3.63, 3.8) is 0 Å². The van der Waals surface area contributed by atoms with E-state index in [1.807, 2.05) is 22.6 Å². The van der Waals surface area contributed by atoms with E-state index in [0.717, 1.165) is 9.13 Å². The molecule has 1 aromatic heterocycles. The van der Waals surface area contributed by atoms with Crippen LogP contribution in [0, 0.1) is 9.39 Å². The van der Waals surface area contributed by atoms with Gasteiger partial charge in [0, 0.05) is 24.3 Å². The van der Waals surface area contributed by atoms with Gasteiger partial charge in [-0.15, -0.1) is 0 Å². The second-order valence-electron chi connectivity index (χ2n) is 5.89. The molecule has 0 saturated carbocycles. The number of hydrogen-bond acceptors (Lipinski definition) is 6. The Morgan fingerprint density at radius 3 is 2.61 bits per heavy atom. The molecule has 1 aromatic carbocycles. The fourth-order valence-corrected chi connectivity index (χ4v) is 2.82. The van der Waals surface area contributed by atoms with Gasteiger partial charge in [0.15, 0.2) is 0 Å². The predicted octanol–water partition coefficient (Wildman–Crippen LogP) is 1.01. The molecule has 0 aliphatic rings. The lowest BCUT2D eigenvalue weighted by Gasteiger charge is -2.17. The molecule has 9 nitrogen and oxygen atoms in total. The summed E-state index contributed by atoms with van der Waals surface area (Å²) < 4.78 is 16.7. The van der Waals surface area contributed by atoms with Gasteiger partial charge in [0.1, 0.15) is 17.2 Å². The number of carbonyl (C=O) groups excluding carboxylic acids is 1. The highest BCUT2D eigenvalue weighted by Gasteiger charge is 2.23. The molecule has 152 valence electrons. The summed E-state index contributed by atoms with van der Waals surface area (Å²) in [5.74, 6) is -1.65. The summed E-state index contributed by atoms with van der Waals surface area (Å²) in [5.41, 5.74) is 0.206. The molecule has 0 saturated heterocycles. The number of aromatic nitrogens is 2. The molecular formula is C17H20FIN4O5. The van der Waals surface area contributed by atoms with Gasteiger partial charge in [0.2, 0.25) is 0 Å². The number of nitrogens with zero attached hydrogens (tertiary/aromatic N) is 2. The fourth-order valence-electron chi connectivity index (χ4n) is 2.37. The molecule has 11 heteroatoms. The molecule has 1 heterocycles. The Morgan fingerprint density at radius 2 is 1.96 bits per heavy atom. The van der Waals surface area contributed by atoms with Crippen molar-refractivity contribution in [1.29, 1.82) is 0 Å². The van der Waals surface area contributed by atoms with Crippen LogP contribution in [0.4, 0.5) is 15.9 Å². The van der Waals surface area contributed by atoms with E-state index in [1.54, 1.807) is 6.07 Å². The number of unbranched alkanes of at least 4 members (excludes halogenated alkanes) is 1. The maximum atomic E-state index is 14.2. The molecule has 0 atom stereocenters. The Morgan fingerprint density at radius 1 is 1.25 bits per heavy atom. The van der Waals surface area contributed by atoms with Crippen molar-refractivity contribution in [2.24, 2.45) is 14.1 Å².